The molecule has 6 heteroatoms. The molecule has 2 unspecified atom stereocenters. The minimum atomic E-state index is -3.56. The maximum absolute atomic E-state index is 12.8. The zero-order valence-corrected chi connectivity index (χ0v) is 15.2. The monoisotopic (exact) mass is 350 g/mol. The van der Waals surface area contributed by atoms with Crippen LogP contribution in [0.2, 0.25) is 0 Å². The number of rotatable bonds is 4. The summed E-state index contributed by atoms with van der Waals surface area (Å²) in [6.45, 7) is 4.27. The van der Waals surface area contributed by atoms with E-state index in [1.54, 1.807) is 17.0 Å². The number of hydrogen-bond donors (Lipinski definition) is 1. The van der Waals surface area contributed by atoms with E-state index in [2.05, 4.69) is 11.6 Å². The summed E-state index contributed by atoms with van der Waals surface area (Å²) in [6.07, 6.45) is 6.03. The SMILES string of the molecule is CCC1CCCCC1NS(=O)(=O)c1ccc2c(c1)N(C(C)=O)CC2. The molecule has 1 aliphatic heterocycles. The lowest BCUT2D eigenvalue weighted by Gasteiger charge is -2.31. The number of nitrogens with one attached hydrogen (secondary N) is 1. The molecule has 1 amide bonds. The highest BCUT2D eigenvalue weighted by molar-refractivity contribution is 7.89. The Kier molecular flexibility index (Phi) is 4.97. The van der Waals surface area contributed by atoms with Crippen molar-refractivity contribution in [3.8, 4) is 0 Å². The van der Waals surface area contributed by atoms with Crippen molar-refractivity contribution in [2.24, 2.45) is 5.92 Å². The molecule has 24 heavy (non-hydrogen) atoms. The first-order valence-electron chi connectivity index (χ1n) is 8.85. The van der Waals surface area contributed by atoms with Crippen LogP contribution in [0.3, 0.4) is 0 Å². The highest BCUT2D eigenvalue weighted by Crippen LogP contribution is 2.32. The van der Waals surface area contributed by atoms with Gasteiger partial charge in [-0.25, -0.2) is 13.1 Å². The normalized spacial score (nSPS) is 24.0. The third-order valence-corrected chi connectivity index (χ3v) is 6.87. The van der Waals surface area contributed by atoms with Crippen LogP contribution in [0.5, 0.6) is 0 Å². The number of anilines is 1. The quantitative estimate of drug-likeness (QED) is 0.908. The van der Waals surface area contributed by atoms with Gasteiger partial charge in [0.2, 0.25) is 15.9 Å². The Hall–Kier alpha value is -1.40. The molecule has 2 aliphatic rings. The van der Waals surface area contributed by atoms with Gasteiger partial charge in [0.15, 0.2) is 0 Å². The number of nitrogens with zero attached hydrogens (tertiary/aromatic N) is 1. The molecular formula is C18H26N2O3S. The number of amides is 1. The van der Waals surface area contributed by atoms with Gasteiger partial charge >= 0.3 is 0 Å². The van der Waals surface area contributed by atoms with Crippen molar-refractivity contribution in [2.75, 3.05) is 11.4 Å². The van der Waals surface area contributed by atoms with Crippen LogP contribution in [0.1, 0.15) is 51.5 Å². The molecule has 0 aromatic heterocycles. The van der Waals surface area contributed by atoms with Crippen LogP contribution in [0, 0.1) is 5.92 Å². The van der Waals surface area contributed by atoms with Crippen LogP contribution in [-0.2, 0) is 21.2 Å². The van der Waals surface area contributed by atoms with E-state index in [-0.39, 0.29) is 16.8 Å². The van der Waals surface area contributed by atoms with E-state index < -0.39 is 10.0 Å². The van der Waals surface area contributed by atoms with Gasteiger partial charge in [0.25, 0.3) is 0 Å². The maximum atomic E-state index is 12.8. The Labute approximate surface area is 144 Å². The topological polar surface area (TPSA) is 66.5 Å². The van der Waals surface area contributed by atoms with Crippen molar-refractivity contribution in [1.82, 2.24) is 4.72 Å². The van der Waals surface area contributed by atoms with Gasteiger partial charge in [-0.3, -0.25) is 4.79 Å². The van der Waals surface area contributed by atoms with Gasteiger partial charge in [-0.2, -0.15) is 0 Å². The van der Waals surface area contributed by atoms with E-state index in [0.717, 1.165) is 43.4 Å². The van der Waals surface area contributed by atoms with Gasteiger partial charge in [0.05, 0.1) is 4.90 Å². The predicted molar refractivity (Wildman–Crippen MR) is 94.5 cm³/mol. The van der Waals surface area contributed by atoms with Gasteiger partial charge < -0.3 is 4.90 Å². The number of carbonyl (C=O) groups is 1. The second-order valence-corrected chi connectivity index (χ2v) is 8.61. The van der Waals surface area contributed by atoms with E-state index in [1.807, 2.05) is 6.07 Å². The second-order valence-electron chi connectivity index (χ2n) is 6.89. The highest BCUT2D eigenvalue weighted by atomic mass is 32.2. The maximum Gasteiger partial charge on any atom is 0.240 e. The number of carbonyl (C=O) groups excluding carboxylic acids is 1. The Bertz CT molecular complexity index is 730. The van der Waals surface area contributed by atoms with Crippen LogP contribution in [0.4, 0.5) is 5.69 Å². The van der Waals surface area contributed by atoms with Crippen LogP contribution < -0.4 is 9.62 Å². The summed E-state index contributed by atoms with van der Waals surface area (Å²) in [6, 6.07) is 5.17. The molecule has 1 saturated carbocycles. The molecule has 1 aliphatic carbocycles. The first kappa shape index (κ1) is 17.4. The van der Waals surface area contributed by atoms with Gasteiger partial charge in [0, 0.05) is 25.2 Å². The Morgan fingerprint density at radius 1 is 1.29 bits per heavy atom. The summed E-state index contributed by atoms with van der Waals surface area (Å²) in [5.74, 6) is 0.367. The first-order chi connectivity index (χ1) is 11.4. The Balaban J connectivity index is 1.85. The molecule has 2 atom stereocenters. The number of sulfonamides is 1. The van der Waals surface area contributed by atoms with Gasteiger partial charge in [-0.15, -0.1) is 0 Å². The predicted octanol–water partition coefficient (Wildman–Crippen LogP) is 2.84. The molecule has 3 rings (SSSR count). The molecule has 0 bridgehead atoms. The van der Waals surface area contributed by atoms with E-state index in [9.17, 15) is 13.2 Å². The van der Waals surface area contributed by atoms with E-state index in [4.69, 9.17) is 0 Å². The fourth-order valence-electron chi connectivity index (χ4n) is 3.97. The summed E-state index contributed by atoms with van der Waals surface area (Å²) >= 11 is 0. The van der Waals surface area contributed by atoms with Crippen molar-refractivity contribution >= 4 is 21.6 Å². The van der Waals surface area contributed by atoms with Crippen molar-refractivity contribution in [3.63, 3.8) is 0 Å². The van der Waals surface area contributed by atoms with Crippen LogP contribution >= 0.6 is 0 Å². The number of hydrogen-bond acceptors (Lipinski definition) is 3. The minimum Gasteiger partial charge on any atom is -0.312 e. The average Bonchev–Trinajstić information content (AvgIpc) is 2.98. The van der Waals surface area contributed by atoms with E-state index in [1.165, 1.54) is 13.3 Å². The van der Waals surface area contributed by atoms with E-state index >= 15 is 0 Å². The fourth-order valence-corrected chi connectivity index (χ4v) is 5.33. The number of benzene rings is 1. The summed E-state index contributed by atoms with van der Waals surface area (Å²) < 4.78 is 28.6. The smallest absolute Gasteiger partial charge is 0.240 e. The standard InChI is InChI=1S/C18H26N2O3S/c1-3-14-6-4-5-7-17(14)19-24(22,23)16-9-8-15-10-11-20(13(2)21)18(15)12-16/h8-9,12,14,17,19H,3-7,10-11H2,1-2H3. The van der Waals surface area contributed by atoms with E-state index in [0.29, 0.717) is 12.5 Å². The Morgan fingerprint density at radius 3 is 2.75 bits per heavy atom. The molecule has 0 saturated heterocycles. The first-order valence-corrected chi connectivity index (χ1v) is 10.3. The van der Waals surface area contributed by atoms with Crippen molar-refractivity contribution in [1.29, 1.82) is 0 Å². The fraction of sp³-hybridized carbons (Fsp3) is 0.611. The second kappa shape index (κ2) is 6.84. The van der Waals surface area contributed by atoms with Crippen molar-refractivity contribution in [2.45, 2.75) is 63.3 Å². The van der Waals surface area contributed by atoms with Crippen LogP contribution in [-0.4, -0.2) is 26.9 Å². The van der Waals surface area contributed by atoms with Crippen molar-refractivity contribution in [3.05, 3.63) is 23.8 Å². The lowest BCUT2D eigenvalue weighted by atomic mass is 9.83. The Morgan fingerprint density at radius 2 is 2.04 bits per heavy atom. The molecule has 5 nitrogen and oxygen atoms in total. The number of fused-ring (bicyclic) bond motifs is 1. The third kappa shape index (κ3) is 3.35. The largest absolute Gasteiger partial charge is 0.312 e. The molecule has 132 valence electrons. The summed E-state index contributed by atoms with van der Waals surface area (Å²) in [4.78, 5) is 13.6. The highest BCUT2D eigenvalue weighted by Gasteiger charge is 2.30. The molecular weight excluding hydrogens is 324 g/mol. The molecule has 1 aromatic rings. The lowest BCUT2D eigenvalue weighted by Crippen LogP contribution is -2.41. The molecule has 1 heterocycles. The average molecular weight is 350 g/mol. The zero-order valence-electron chi connectivity index (χ0n) is 14.4. The molecule has 1 fully saturated rings. The van der Waals surface area contributed by atoms with Gasteiger partial charge in [0.1, 0.15) is 0 Å². The summed E-state index contributed by atoms with van der Waals surface area (Å²) in [5.41, 5.74) is 1.77. The molecule has 0 spiro atoms. The summed E-state index contributed by atoms with van der Waals surface area (Å²) in [7, 11) is -3.56. The van der Waals surface area contributed by atoms with Gasteiger partial charge in [-0.1, -0.05) is 32.3 Å². The molecule has 1 aromatic carbocycles. The van der Waals surface area contributed by atoms with Crippen LogP contribution in [0.25, 0.3) is 0 Å². The summed E-state index contributed by atoms with van der Waals surface area (Å²) in [5, 5.41) is 0. The minimum absolute atomic E-state index is 0.0194. The lowest BCUT2D eigenvalue weighted by molar-refractivity contribution is -0.116. The molecule has 0 radical (unpaired) electrons. The van der Waals surface area contributed by atoms with Gasteiger partial charge in [-0.05, 0) is 42.9 Å². The van der Waals surface area contributed by atoms with Crippen molar-refractivity contribution < 1.29 is 13.2 Å². The third-order valence-electron chi connectivity index (χ3n) is 5.38. The van der Waals surface area contributed by atoms with Crippen LogP contribution in [0.15, 0.2) is 23.1 Å². The zero-order chi connectivity index (χ0) is 17.3. The molecule has 1 N–H and O–H groups in total.